The van der Waals surface area contributed by atoms with Gasteiger partial charge in [-0.3, -0.25) is 4.98 Å². The summed E-state index contributed by atoms with van der Waals surface area (Å²) in [6.07, 6.45) is -1.18. The molecule has 2 rings (SSSR count). The highest BCUT2D eigenvalue weighted by molar-refractivity contribution is 5.73. The van der Waals surface area contributed by atoms with E-state index in [0.717, 1.165) is 18.5 Å². The molecular formula is C11H13F3N2O2. The van der Waals surface area contributed by atoms with Gasteiger partial charge in [-0.15, -0.1) is 0 Å². The van der Waals surface area contributed by atoms with Crippen molar-refractivity contribution in [1.29, 1.82) is 0 Å². The summed E-state index contributed by atoms with van der Waals surface area (Å²) >= 11 is 0. The van der Waals surface area contributed by atoms with Crippen LogP contribution in [0.4, 0.5) is 13.2 Å². The minimum Gasteiger partial charge on any atom is -0.475 e. The Balaban J connectivity index is 0.000000203. The lowest BCUT2D eigenvalue weighted by atomic mass is 10.1. The molecule has 1 atom stereocenters. The van der Waals surface area contributed by atoms with Crippen molar-refractivity contribution in [3.63, 3.8) is 0 Å². The van der Waals surface area contributed by atoms with Gasteiger partial charge >= 0.3 is 12.1 Å². The highest BCUT2D eigenvalue weighted by Gasteiger charge is 2.38. The lowest BCUT2D eigenvalue weighted by Gasteiger charge is -1.99. The zero-order valence-corrected chi connectivity index (χ0v) is 9.66. The van der Waals surface area contributed by atoms with Gasteiger partial charge in [0.2, 0.25) is 0 Å². The molecule has 0 aromatic carbocycles. The third-order valence-corrected chi connectivity index (χ3v) is 2.56. The van der Waals surface area contributed by atoms with Crippen molar-refractivity contribution in [3.05, 3.63) is 29.1 Å². The van der Waals surface area contributed by atoms with Gasteiger partial charge in [0.15, 0.2) is 0 Å². The average molecular weight is 262 g/mol. The van der Waals surface area contributed by atoms with Crippen molar-refractivity contribution in [2.24, 2.45) is 5.73 Å². The minimum absolute atomic E-state index is 0.327. The normalized spacial score (nSPS) is 17.7. The molecule has 0 amide bonds. The highest BCUT2D eigenvalue weighted by Crippen LogP contribution is 2.22. The Bertz CT molecular complexity index is 446. The number of hydrogen-bond donors (Lipinski definition) is 2. The fraction of sp³-hybridized carbons (Fsp3) is 0.455. The van der Waals surface area contributed by atoms with Crippen LogP contribution in [0, 0.1) is 6.92 Å². The van der Waals surface area contributed by atoms with Gasteiger partial charge < -0.3 is 10.8 Å². The molecule has 0 spiro atoms. The largest absolute Gasteiger partial charge is 0.490 e. The Morgan fingerprint density at radius 3 is 2.50 bits per heavy atom. The summed E-state index contributed by atoms with van der Waals surface area (Å²) in [5.74, 6) is -2.76. The molecule has 0 fully saturated rings. The van der Waals surface area contributed by atoms with Gasteiger partial charge in [0.05, 0.1) is 0 Å². The molecule has 1 unspecified atom stereocenters. The number of pyridine rings is 1. The van der Waals surface area contributed by atoms with Gasteiger partial charge in [0.25, 0.3) is 0 Å². The molecule has 1 aliphatic carbocycles. The van der Waals surface area contributed by atoms with Crippen molar-refractivity contribution in [1.82, 2.24) is 4.98 Å². The first-order valence-electron chi connectivity index (χ1n) is 5.21. The Hall–Kier alpha value is -1.63. The van der Waals surface area contributed by atoms with Crippen LogP contribution in [0.1, 0.15) is 16.8 Å². The first-order valence-corrected chi connectivity index (χ1v) is 5.21. The summed E-state index contributed by atoms with van der Waals surface area (Å²) in [5.41, 5.74) is 9.74. The molecule has 0 bridgehead atoms. The van der Waals surface area contributed by atoms with Crippen LogP contribution in [0.5, 0.6) is 0 Å². The first-order chi connectivity index (χ1) is 8.21. The van der Waals surface area contributed by atoms with E-state index in [-0.39, 0.29) is 0 Å². The number of carbonyl (C=O) groups is 1. The molecule has 4 nitrogen and oxygen atoms in total. The van der Waals surface area contributed by atoms with Crippen molar-refractivity contribution < 1.29 is 23.1 Å². The fourth-order valence-electron chi connectivity index (χ4n) is 1.74. The number of carboxylic acid groups (broad SMARTS) is 1. The number of fused-ring (bicyclic) bond motifs is 1. The molecule has 0 saturated carbocycles. The maximum Gasteiger partial charge on any atom is 0.490 e. The van der Waals surface area contributed by atoms with Gasteiger partial charge in [0.1, 0.15) is 0 Å². The van der Waals surface area contributed by atoms with Gasteiger partial charge in [-0.25, -0.2) is 4.79 Å². The van der Waals surface area contributed by atoms with Crippen molar-refractivity contribution >= 4 is 5.97 Å². The van der Waals surface area contributed by atoms with E-state index in [1.165, 1.54) is 11.1 Å². The van der Waals surface area contributed by atoms with E-state index in [4.69, 9.17) is 15.6 Å². The second-order valence-electron chi connectivity index (χ2n) is 4.01. The molecule has 0 aliphatic heterocycles. The van der Waals surface area contributed by atoms with Gasteiger partial charge in [0, 0.05) is 17.9 Å². The maximum absolute atomic E-state index is 10.6. The second kappa shape index (κ2) is 5.34. The predicted molar refractivity (Wildman–Crippen MR) is 58.0 cm³/mol. The van der Waals surface area contributed by atoms with E-state index in [1.54, 1.807) is 0 Å². The van der Waals surface area contributed by atoms with Crippen LogP contribution in [-0.4, -0.2) is 28.3 Å². The average Bonchev–Trinajstić information content (AvgIpc) is 2.59. The van der Waals surface area contributed by atoms with Crippen LogP contribution in [-0.2, 0) is 17.6 Å². The number of nitrogens with zero attached hydrogens (tertiary/aromatic N) is 1. The van der Waals surface area contributed by atoms with Crippen molar-refractivity contribution in [3.8, 4) is 0 Å². The van der Waals surface area contributed by atoms with Crippen LogP contribution in [0.3, 0.4) is 0 Å². The number of nitrogens with two attached hydrogens (primary N) is 1. The molecule has 18 heavy (non-hydrogen) atoms. The molecule has 1 aromatic rings. The Labute approximate surface area is 102 Å². The number of aliphatic carboxylic acids is 1. The number of aromatic nitrogens is 1. The van der Waals surface area contributed by atoms with Crippen molar-refractivity contribution in [2.75, 3.05) is 0 Å². The number of carboxylic acids is 1. The Kier molecular flexibility index (Phi) is 4.28. The maximum atomic E-state index is 10.6. The monoisotopic (exact) mass is 262 g/mol. The van der Waals surface area contributed by atoms with Crippen molar-refractivity contribution in [2.45, 2.75) is 32.0 Å². The molecule has 0 saturated heterocycles. The number of halogens is 3. The molecule has 1 aromatic heterocycles. The third kappa shape index (κ3) is 3.69. The molecule has 7 heteroatoms. The number of hydrogen-bond acceptors (Lipinski definition) is 3. The van der Waals surface area contributed by atoms with E-state index in [0.29, 0.717) is 6.04 Å². The van der Waals surface area contributed by atoms with Crippen LogP contribution >= 0.6 is 0 Å². The number of aryl methyl sites for hydroxylation is 1. The van der Waals surface area contributed by atoms with E-state index in [9.17, 15) is 13.2 Å². The Morgan fingerprint density at radius 1 is 1.50 bits per heavy atom. The summed E-state index contributed by atoms with van der Waals surface area (Å²) in [4.78, 5) is 13.1. The zero-order valence-electron chi connectivity index (χ0n) is 9.66. The van der Waals surface area contributed by atoms with Crippen LogP contribution in [0.25, 0.3) is 0 Å². The lowest BCUT2D eigenvalue weighted by Crippen LogP contribution is -2.21. The van der Waals surface area contributed by atoms with Crippen LogP contribution in [0.2, 0.25) is 0 Å². The third-order valence-electron chi connectivity index (χ3n) is 2.56. The lowest BCUT2D eigenvalue weighted by molar-refractivity contribution is -0.192. The summed E-state index contributed by atoms with van der Waals surface area (Å²) in [6, 6.07) is 2.41. The smallest absolute Gasteiger partial charge is 0.475 e. The topological polar surface area (TPSA) is 76.2 Å². The van der Waals surface area contributed by atoms with E-state index < -0.39 is 12.1 Å². The number of rotatable bonds is 0. The second-order valence-corrected chi connectivity index (χ2v) is 4.01. The standard InChI is InChI=1S/C9H12N2.C2HF3O2/c1-6-9-5-8(10)4-7(9)2-3-11-6;3-2(4,5)1(6)7/h2-3,8H,4-5,10H2,1H3;(H,6,7). The molecule has 100 valence electrons. The zero-order chi connectivity index (χ0) is 13.9. The summed E-state index contributed by atoms with van der Waals surface area (Å²) in [7, 11) is 0. The summed E-state index contributed by atoms with van der Waals surface area (Å²) in [5, 5.41) is 7.12. The molecular weight excluding hydrogens is 249 g/mol. The van der Waals surface area contributed by atoms with Crippen LogP contribution in [0.15, 0.2) is 12.3 Å². The van der Waals surface area contributed by atoms with Gasteiger partial charge in [-0.05, 0) is 37.0 Å². The molecule has 1 aliphatic rings. The van der Waals surface area contributed by atoms with E-state index in [2.05, 4.69) is 18.0 Å². The fourth-order valence-corrected chi connectivity index (χ4v) is 1.74. The molecule has 0 radical (unpaired) electrons. The predicted octanol–water partition coefficient (Wildman–Crippen LogP) is 1.45. The Morgan fingerprint density at radius 2 is 2.06 bits per heavy atom. The number of alkyl halides is 3. The SMILES string of the molecule is Cc1nccc2c1CC(N)C2.O=C(O)C(F)(F)F. The highest BCUT2D eigenvalue weighted by atomic mass is 19.4. The summed E-state index contributed by atoms with van der Waals surface area (Å²) < 4.78 is 31.7. The molecule has 1 heterocycles. The summed E-state index contributed by atoms with van der Waals surface area (Å²) in [6.45, 7) is 2.05. The van der Waals surface area contributed by atoms with E-state index in [1.807, 2.05) is 6.20 Å². The van der Waals surface area contributed by atoms with Crippen LogP contribution < -0.4 is 5.73 Å². The van der Waals surface area contributed by atoms with Gasteiger partial charge in [-0.1, -0.05) is 0 Å². The first kappa shape index (κ1) is 14.4. The quantitative estimate of drug-likeness (QED) is 0.742. The van der Waals surface area contributed by atoms with E-state index >= 15 is 0 Å². The van der Waals surface area contributed by atoms with Gasteiger partial charge in [-0.2, -0.15) is 13.2 Å². The molecule has 3 N–H and O–H groups in total. The minimum atomic E-state index is -5.08.